The number of unbranched alkanes of at least 4 members (excludes halogenated alkanes) is 7. The third kappa shape index (κ3) is 22.5. The quantitative estimate of drug-likeness (QED) is 0.0184. The molecule has 15 N–H and O–H groups in total. The Morgan fingerprint density at radius 3 is 1.42 bits per heavy atom. The van der Waals surface area contributed by atoms with E-state index in [-0.39, 0.29) is 68.2 Å². The van der Waals surface area contributed by atoms with Gasteiger partial charge in [-0.25, -0.2) is 0 Å². The van der Waals surface area contributed by atoms with Crippen molar-refractivity contribution in [3.8, 4) is 5.75 Å². The molecule has 22 nitrogen and oxygen atoms in total. The predicted molar refractivity (Wildman–Crippen MR) is 359 cm³/mol. The van der Waals surface area contributed by atoms with Gasteiger partial charge in [-0.2, -0.15) is 25.3 Å². The maximum absolute atomic E-state index is 15.0. The zero-order valence-electron chi connectivity index (χ0n) is 52.1. The summed E-state index contributed by atoms with van der Waals surface area (Å²) in [5.74, 6) is -7.47. The van der Waals surface area contributed by atoms with Gasteiger partial charge in [-0.1, -0.05) is 138 Å². The van der Waals surface area contributed by atoms with Crippen LogP contribution in [0.15, 0.2) is 116 Å². The molecule has 0 unspecified atom stereocenters. The van der Waals surface area contributed by atoms with Gasteiger partial charge in [0.25, 0.3) is 0 Å². The lowest BCUT2D eigenvalue weighted by Gasteiger charge is -2.29. The average molecular weight is 1290 g/mol. The van der Waals surface area contributed by atoms with Gasteiger partial charge in [0.2, 0.25) is 53.2 Å². The Labute approximate surface area is 542 Å². The molecular formula is C67H90N12O10S2. The van der Waals surface area contributed by atoms with Crippen LogP contribution in [-0.4, -0.2) is 135 Å². The van der Waals surface area contributed by atoms with Gasteiger partial charge in [-0.3, -0.25) is 43.2 Å². The van der Waals surface area contributed by atoms with Crippen LogP contribution in [0.3, 0.4) is 0 Å². The normalized spacial score (nSPS) is 14.0. The molecule has 8 atom stereocenters. The molecule has 0 saturated heterocycles. The monoisotopic (exact) mass is 1290 g/mol. The molecular weight excluding hydrogens is 1200 g/mol. The number of hydrogen-bond donors (Lipinski definition) is 15. The van der Waals surface area contributed by atoms with Crippen LogP contribution in [0.2, 0.25) is 0 Å². The van der Waals surface area contributed by atoms with Crippen molar-refractivity contribution in [2.24, 2.45) is 17.4 Å². The molecule has 0 saturated carbocycles. The van der Waals surface area contributed by atoms with E-state index in [0.29, 0.717) is 30.4 Å². The number of aromatic hydroxyl groups is 1. The lowest BCUT2D eigenvalue weighted by Crippen LogP contribution is -2.61. The van der Waals surface area contributed by atoms with Crippen LogP contribution in [0.4, 0.5) is 0 Å². The van der Waals surface area contributed by atoms with Crippen LogP contribution in [0, 0.1) is 5.92 Å². The van der Waals surface area contributed by atoms with Crippen molar-refractivity contribution in [2.75, 3.05) is 18.1 Å². The summed E-state index contributed by atoms with van der Waals surface area (Å²) in [4.78, 5) is 134. The molecule has 0 fully saturated rings. The van der Waals surface area contributed by atoms with Crippen LogP contribution in [0.5, 0.6) is 5.75 Å². The first-order chi connectivity index (χ1) is 43.8. The number of fused-ring (bicyclic) bond motifs is 2. The Bertz CT molecular complexity index is 3360. The number of aromatic nitrogens is 2. The summed E-state index contributed by atoms with van der Waals surface area (Å²) in [5, 5.41) is 33.9. The minimum atomic E-state index is -1.42. The SMILES string of the molecule is CCCCCCCCCC(=O)N[C@H](Cc1ccccc1)C(=O)N[C@@H](CS)C(=O)N[C@@H](Cc1ccc(O)cc1)C(=O)N[C@@H](Cc1c[nH]c2ccccc12)C(=O)N[C@@H](CCCCN)C(=O)N[C@H](C(=O)N[C@@H](CS)C(=O)N[C@H](Cc1c[nH]c2ccccc12)C(N)=O)C(C)C. The number of primary amides is 1. The second-order valence-electron chi connectivity index (χ2n) is 23.3. The van der Waals surface area contributed by atoms with Gasteiger partial charge in [0, 0.05) is 77.8 Å². The zero-order valence-corrected chi connectivity index (χ0v) is 53.9. The first kappa shape index (κ1) is 71.7. The fourth-order valence-corrected chi connectivity index (χ4v) is 11.2. The van der Waals surface area contributed by atoms with Gasteiger partial charge < -0.3 is 69.1 Å². The highest BCUT2D eigenvalue weighted by Crippen LogP contribution is 2.22. The van der Waals surface area contributed by atoms with E-state index in [0.717, 1.165) is 71.5 Å². The Kier molecular flexibility index (Phi) is 29.2. The van der Waals surface area contributed by atoms with Crippen LogP contribution >= 0.6 is 25.3 Å². The van der Waals surface area contributed by atoms with Gasteiger partial charge in [0.05, 0.1) is 0 Å². The second kappa shape index (κ2) is 37.1. The number of thiol groups is 2. The maximum atomic E-state index is 15.0. The molecule has 6 rings (SSSR count). The van der Waals surface area contributed by atoms with E-state index in [4.69, 9.17) is 11.5 Å². The number of rotatable bonds is 39. The van der Waals surface area contributed by atoms with Crippen molar-refractivity contribution in [1.29, 1.82) is 0 Å². The van der Waals surface area contributed by atoms with Crippen LogP contribution in [0.25, 0.3) is 21.8 Å². The number of phenolic OH excluding ortho intramolecular Hbond substituents is 1. The van der Waals surface area contributed by atoms with E-state index in [9.17, 15) is 43.5 Å². The number of para-hydroxylation sites is 2. The van der Waals surface area contributed by atoms with Gasteiger partial charge >= 0.3 is 0 Å². The third-order valence-corrected chi connectivity index (χ3v) is 16.6. The minimum absolute atomic E-state index is 0.0486. The van der Waals surface area contributed by atoms with Gasteiger partial charge in [-0.05, 0) is 84.7 Å². The molecule has 9 amide bonds. The highest BCUT2D eigenvalue weighted by molar-refractivity contribution is 7.80. The molecule has 0 spiro atoms. The molecule has 2 aromatic heterocycles. The fourth-order valence-electron chi connectivity index (χ4n) is 10.7. The largest absolute Gasteiger partial charge is 0.508 e. The van der Waals surface area contributed by atoms with Crippen LogP contribution in [0.1, 0.15) is 114 Å². The average Bonchev–Trinajstić information content (AvgIpc) is 2.56. The first-order valence-electron chi connectivity index (χ1n) is 31.4. The topological polar surface area (TPSA) is 354 Å². The number of benzene rings is 4. The highest BCUT2D eigenvalue weighted by atomic mass is 32.1. The first-order valence-corrected chi connectivity index (χ1v) is 32.6. The summed E-state index contributed by atoms with van der Waals surface area (Å²) in [6, 6.07) is 19.6. The molecule has 0 bridgehead atoms. The summed E-state index contributed by atoms with van der Waals surface area (Å²) < 4.78 is 0. The summed E-state index contributed by atoms with van der Waals surface area (Å²) >= 11 is 8.78. The van der Waals surface area contributed by atoms with Crippen molar-refractivity contribution in [1.82, 2.24) is 52.5 Å². The van der Waals surface area contributed by atoms with E-state index >= 15 is 4.79 Å². The number of nitrogens with one attached hydrogen (secondary N) is 10. The fraction of sp³-hybridized carbons (Fsp3) is 0.448. The number of carbonyl (C=O) groups excluding carboxylic acids is 9. The van der Waals surface area contributed by atoms with Crippen molar-refractivity contribution in [3.05, 3.63) is 138 Å². The standard InChI is InChI=1S/C67H90N12O10S2/c1-4-5-6-7-8-9-13-27-58(81)72-53(33-42-20-11-10-12-21-42)62(84)77-56(39-90)66(88)75-54(34-43-28-30-46(80)31-29-43)63(85)76-55(36-45-38-71-50-25-17-15-23-48(45)50)64(86)73-51(26-18-19-32-68)61(83)79-59(41(2)3)67(89)78-57(40-91)65(87)74-52(60(69)82)35-44-37-70-49-24-16-14-22-47(44)49/h10-12,14-17,20-25,28-31,37-38,41,51-57,59,70-71,80,90-91H,4-9,13,18-19,26-27,32-36,39-40,68H2,1-3H3,(H2,69,82)(H,72,81)(H,73,86)(H,74,87)(H,75,88)(H,76,85)(H,77,84)(H,78,89)(H,79,83)/t51-,52+,53+,54-,55-,56-,57-,59-/m0/s1. The van der Waals surface area contributed by atoms with Crippen molar-refractivity contribution >= 4 is 100 Å². The Balaban J connectivity index is 1.21. The molecule has 24 heteroatoms. The molecule has 0 aliphatic carbocycles. The Hall–Kier alpha value is -8.35. The zero-order chi connectivity index (χ0) is 65.8. The van der Waals surface area contributed by atoms with E-state index in [1.165, 1.54) is 12.1 Å². The predicted octanol–water partition coefficient (Wildman–Crippen LogP) is 4.77. The number of phenols is 1. The van der Waals surface area contributed by atoms with Crippen molar-refractivity contribution in [3.63, 3.8) is 0 Å². The number of H-pyrrole nitrogens is 2. The number of hydrogen-bond acceptors (Lipinski definition) is 13. The lowest BCUT2D eigenvalue weighted by molar-refractivity contribution is -0.136. The second-order valence-corrected chi connectivity index (χ2v) is 24.1. The summed E-state index contributed by atoms with van der Waals surface area (Å²) in [6.45, 7) is 5.78. The molecule has 490 valence electrons. The Morgan fingerprint density at radius 1 is 0.462 bits per heavy atom. The summed E-state index contributed by atoms with van der Waals surface area (Å²) in [5.41, 5.74) is 15.8. The number of amides is 9. The van der Waals surface area contributed by atoms with E-state index < -0.39 is 102 Å². The van der Waals surface area contributed by atoms with E-state index in [1.807, 2.05) is 78.9 Å². The van der Waals surface area contributed by atoms with E-state index in [2.05, 4.69) is 84.7 Å². The minimum Gasteiger partial charge on any atom is -0.508 e. The highest BCUT2D eigenvalue weighted by Gasteiger charge is 2.36. The summed E-state index contributed by atoms with van der Waals surface area (Å²) in [7, 11) is 0. The number of aromatic amines is 2. The van der Waals surface area contributed by atoms with Gasteiger partial charge in [-0.15, -0.1) is 0 Å². The summed E-state index contributed by atoms with van der Waals surface area (Å²) in [6.07, 6.45) is 11.5. The van der Waals surface area contributed by atoms with Crippen LogP contribution < -0.4 is 54.0 Å². The smallest absolute Gasteiger partial charge is 0.244 e. The molecule has 6 aromatic rings. The third-order valence-electron chi connectivity index (χ3n) is 15.9. The maximum Gasteiger partial charge on any atom is 0.244 e. The lowest BCUT2D eigenvalue weighted by atomic mass is 10.00. The molecule has 0 aliphatic heterocycles. The van der Waals surface area contributed by atoms with Gasteiger partial charge in [0.1, 0.15) is 54.1 Å². The van der Waals surface area contributed by atoms with Crippen molar-refractivity contribution < 1.29 is 48.3 Å². The molecule has 0 radical (unpaired) electrons. The molecule has 4 aromatic carbocycles. The molecule has 2 heterocycles. The molecule has 91 heavy (non-hydrogen) atoms. The Morgan fingerprint density at radius 2 is 0.890 bits per heavy atom. The molecule has 0 aliphatic rings. The number of nitrogens with two attached hydrogens (primary N) is 2. The number of carbonyl (C=O) groups is 9. The van der Waals surface area contributed by atoms with E-state index in [1.54, 1.807) is 38.4 Å². The van der Waals surface area contributed by atoms with Crippen LogP contribution in [-0.2, 0) is 68.8 Å². The van der Waals surface area contributed by atoms with Gasteiger partial charge in [0.15, 0.2) is 0 Å². The van der Waals surface area contributed by atoms with Crippen molar-refractivity contribution in [2.45, 2.75) is 165 Å².